The fourth-order valence-electron chi connectivity index (χ4n) is 3.05. The van der Waals surface area contributed by atoms with Crippen LogP contribution in [0.4, 0.5) is 5.69 Å². The monoisotopic (exact) mass is 399 g/mol. The van der Waals surface area contributed by atoms with Gasteiger partial charge in [-0.2, -0.15) is 5.10 Å². The minimum atomic E-state index is 0. The summed E-state index contributed by atoms with van der Waals surface area (Å²) in [5.41, 5.74) is 3.93. The van der Waals surface area contributed by atoms with Crippen LogP contribution in [0.3, 0.4) is 0 Å². The Kier molecular flexibility index (Phi) is 7.93. The maximum atomic E-state index is 5.40. The predicted molar refractivity (Wildman–Crippen MR) is 113 cm³/mol. The number of aromatic nitrogens is 3. The molecule has 8 heteroatoms. The molecule has 0 aliphatic carbocycles. The van der Waals surface area contributed by atoms with Gasteiger partial charge in [0.2, 0.25) is 0 Å². The minimum absolute atomic E-state index is 0. The summed E-state index contributed by atoms with van der Waals surface area (Å²) < 4.78 is 7.25. The molecule has 0 spiro atoms. The highest BCUT2D eigenvalue weighted by molar-refractivity contribution is 6.08. The maximum Gasteiger partial charge on any atom is 0.160 e. The second-order valence-corrected chi connectivity index (χ2v) is 6.36. The van der Waals surface area contributed by atoms with Gasteiger partial charge in [-0.3, -0.25) is 4.68 Å². The molecule has 2 aromatic heterocycles. The molecule has 0 saturated carbocycles. The molecule has 1 aromatic carbocycles. The fourth-order valence-corrected chi connectivity index (χ4v) is 3.05. The first-order chi connectivity index (χ1) is 11.5. The first-order valence-electron chi connectivity index (χ1n) is 8.21. The van der Waals surface area contributed by atoms with Gasteiger partial charge in [0.15, 0.2) is 5.65 Å². The van der Waals surface area contributed by atoms with Crippen molar-refractivity contribution in [3.05, 3.63) is 23.9 Å². The van der Waals surface area contributed by atoms with E-state index in [1.165, 1.54) is 0 Å². The lowest BCUT2D eigenvalue weighted by Gasteiger charge is -2.14. The predicted octanol–water partition coefficient (Wildman–Crippen LogP) is 3.65. The molecule has 2 heterocycles. The molecule has 1 N–H and O–H groups in total. The Morgan fingerprint density at radius 1 is 1.23 bits per heavy atom. The van der Waals surface area contributed by atoms with Gasteiger partial charge in [-0.05, 0) is 52.2 Å². The SMILES string of the molecule is COc1ccc2nc3c(c(C)nn3C)c(NCCCN(C)C)c2c1.Cl.Cl. The summed E-state index contributed by atoms with van der Waals surface area (Å²) in [6.07, 6.45) is 1.07. The Balaban J connectivity index is 0.00000169. The number of halogens is 2. The second-order valence-electron chi connectivity index (χ2n) is 6.36. The van der Waals surface area contributed by atoms with E-state index in [9.17, 15) is 0 Å². The maximum absolute atomic E-state index is 5.40. The Bertz CT molecular complexity index is 879. The molecule has 0 amide bonds. The van der Waals surface area contributed by atoms with Crippen molar-refractivity contribution in [3.63, 3.8) is 0 Å². The number of ether oxygens (including phenoxy) is 1. The summed E-state index contributed by atoms with van der Waals surface area (Å²) in [6.45, 7) is 3.98. The highest BCUT2D eigenvalue weighted by Gasteiger charge is 2.16. The lowest BCUT2D eigenvalue weighted by molar-refractivity contribution is 0.405. The number of aryl methyl sites for hydroxylation is 2. The van der Waals surface area contributed by atoms with Crippen LogP contribution >= 0.6 is 24.8 Å². The van der Waals surface area contributed by atoms with Gasteiger partial charge in [0.25, 0.3) is 0 Å². The van der Waals surface area contributed by atoms with Crippen LogP contribution in [0.1, 0.15) is 12.1 Å². The van der Waals surface area contributed by atoms with Gasteiger partial charge in [-0.15, -0.1) is 24.8 Å². The first-order valence-corrected chi connectivity index (χ1v) is 8.21. The van der Waals surface area contributed by atoms with Crippen molar-refractivity contribution in [2.75, 3.05) is 39.6 Å². The van der Waals surface area contributed by atoms with Gasteiger partial charge in [0.05, 0.1) is 29.4 Å². The quantitative estimate of drug-likeness (QED) is 0.641. The van der Waals surface area contributed by atoms with Crippen LogP contribution in [-0.2, 0) is 7.05 Å². The topological polar surface area (TPSA) is 55.2 Å². The summed E-state index contributed by atoms with van der Waals surface area (Å²) >= 11 is 0. The highest BCUT2D eigenvalue weighted by atomic mass is 35.5. The van der Waals surface area contributed by atoms with E-state index in [4.69, 9.17) is 9.72 Å². The fraction of sp³-hybridized carbons (Fsp3) is 0.444. The summed E-state index contributed by atoms with van der Waals surface area (Å²) in [5.74, 6) is 0.835. The Morgan fingerprint density at radius 3 is 2.62 bits per heavy atom. The van der Waals surface area contributed by atoms with Crippen molar-refractivity contribution in [1.82, 2.24) is 19.7 Å². The van der Waals surface area contributed by atoms with Crippen molar-refractivity contribution in [2.24, 2.45) is 7.05 Å². The molecule has 144 valence electrons. The molecule has 0 unspecified atom stereocenters. The van der Waals surface area contributed by atoms with Gasteiger partial charge in [-0.25, -0.2) is 4.98 Å². The van der Waals surface area contributed by atoms with Gasteiger partial charge in [0, 0.05) is 19.0 Å². The zero-order chi connectivity index (χ0) is 17.3. The van der Waals surface area contributed by atoms with Crippen molar-refractivity contribution in [3.8, 4) is 5.75 Å². The van der Waals surface area contributed by atoms with E-state index in [0.29, 0.717) is 0 Å². The number of hydrogen-bond donors (Lipinski definition) is 1. The van der Waals surface area contributed by atoms with E-state index >= 15 is 0 Å². The molecule has 0 radical (unpaired) electrons. The lowest BCUT2D eigenvalue weighted by atomic mass is 10.1. The number of hydrogen-bond acceptors (Lipinski definition) is 5. The Morgan fingerprint density at radius 2 is 1.96 bits per heavy atom. The number of fused-ring (bicyclic) bond motifs is 2. The van der Waals surface area contributed by atoms with Gasteiger partial charge >= 0.3 is 0 Å². The van der Waals surface area contributed by atoms with Gasteiger partial charge in [-0.1, -0.05) is 0 Å². The second kappa shape index (κ2) is 9.26. The summed E-state index contributed by atoms with van der Waals surface area (Å²) in [6, 6.07) is 5.99. The van der Waals surface area contributed by atoms with E-state index in [0.717, 1.165) is 58.6 Å². The molecule has 0 atom stereocenters. The van der Waals surface area contributed by atoms with Gasteiger partial charge < -0.3 is 15.0 Å². The third kappa shape index (κ3) is 4.31. The van der Waals surface area contributed by atoms with E-state index in [1.807, 2.05) is 36.9 Å². The smallest absolute Gasteiger partial charge is 0.160 e. The molecule has 0 fully saturated rings. The van der Waals surface area contributed by atoms with Crippen molar-refractivity contribution >= 4 is 52.4 Å². The normalized spacial score (nSPS) is 10.7. The van der Waals surface area contributed by atoms with Crippen molar-refractivity contribution in [2.45, 2.75) is 13.3 Å². The number of anilines is 1. The third-order valence-corrected chi connectivity index (χ3v) is 4.23. The van der Waals surface area contributed by atoms with E-state index in [1.54, 1.807) is 7.11 Å². The van der Waals surface area contributed by atoms with Crippen LogP contribution < -0.4 is 10.1 Å². The lowest BCUT2D eigenvalue weighted by Crippen LogP contribution is -2.16. The van der Waals surface area contributed by atoms with Crippen LogP contribution in [0.15, 0.2) is 18.2 Å². The van der Waals surface area contributed by atoms with E-state index in [-0.39, 0.29) is 24.8 Å². The molecule has 0 saturated heterocycles. The molecule has 3 rings (SSSR count). The van der Waals surface area contributed by atoms with Gasteiger partial charge in [0.1, 0.15) is 5.75 Å². The molecular formula is C18H27Cl2N5O. The standard InChI is InChI=1S/C18H25N5O.2ClH/c1-12-16-17(19-9-6-10-22(2)3)14-11-13(24-5)7-8-15(14)20-18(16)23(4)21-12;;/h7-8,11H,6,9-10H2,1-5H3,(H,19,20);2*1H. The average Bonchev–Trinajstić information content (AvgIpc) is 2.84. The molecule has 3 aromatic rings. The summed E-state index contributed by atoms with van der Waals surface area (Å²) in [7, 11) is 7.81. The molecule has 0 aliphatic rings. The van der Waals surface area contributed by atoms with Crippen LogP contribution in [0, 0.1) is 6.92 Å². The number of pyridine rings is 1. The number of methoxy groups -OCH3 is 1. The van der Waals surface area contributed by atoms with Crippen LogP contribution in [0.5, 0.6) is 5.75 Å². The molecule has 26 heavy (non-hydrogen) atoms. The molecular weight excluding hydrogens is 373 g/mol. The van der Waals surface area contributed by atoms with E-state index in [2.05, 4.69) is 29.4 Å². The van der Waals surface area contributed by atoms with Crippen molar-refractivity contribution < 1.29 is 4.74 Å². The zero-order valence-electron chi connectivity index (χ0n) is 15.9. The number of rotatable bonds is 6. The van der Waals surface area contributed by atoms with Crippen LogP contribution in [0.25, 0.3) is 21.9 Å². The summed E-state index contributed by atoms with van der Waals surface area (Å²) in [4.78, 5) is 6.98. The van der Waals surface area contributed by atoms with E-state index < -0.39 is 0 Å². The van der Waals surface area contributed by atoms with Crippen molar-refractivity contribution in [1.29, 1.82) is 0 Å². The third-order valence-electron chi connectivity index (χ3n) is 4.23. The highest BCUT2D eigenvalue weighted by Crippen LogP contribution is 2.34. The first kappa shape index (κ1) is 22.3. The van der Waals surface area contributed by atoms with Crippen LogP contribution in [0.2, 0.25) is 0 Å². The molecule has 0 bridgehead atoms. The number of nitrogens with one attached hydrogen (secondary N) is 1. The largest absolute Gasteiger partial charge is 0.497 e. The summed E-state index contributed by atoms with van der Waals surface area (Å²) in [5, 5.41) is 10.3. The average molecular weight is 400 g/mol. The number of nitrogens with zero attached hydrogens (tertiary/aromatic N) is 4. The Hall–Kier alpha value is -1.76. The number of benzene rings is 1. The molecule has 6 nitrogen and oxygen atoms in total. The minimum Gasteiger partial charge on any atom is -0.497 e. The van der Waals surface area contributed by atoms with Crippen LogP contribution in [-0.4, -0.2) is 54.0 Å². The molecule has 0 aliphatic heterocycles. The Labute approximate surface area is 166 Å². The zero-order valence-corrected chi connectivity index (χ0v) is 17.5.